The van der Waals surface area contributed by atoms with E-state index in [0.29, 0.717) is 27.5 Å². The minimum atomic E-state index is 0.346. The van der Waals surface area contributed by atoms with Gasteiger partial charge in [0.15, 0.2) is 11.0 Å². The number of nitrogens with zero attached hydrogens (tertiary/aromatic N) is 3. The summed E-state index contributed by atoms with van der Waals surface area (Å²) in [5, 5.41) is 14.1. The van der Waals surface area contributed by atoms with Crippen LogP contribution in [-0.4, -0.2) is 15.2 Å². The Morgan fingerprint density at radius 3 is 2.31 bits per heavy atom. The average molecular weight is 360 g/mol. The van der Waals surface area contributed by atoms with Crippen LogP contribution in [0.1, 0.15) is 25.0 Å². The predicted molar refractivity (Wildman–Crippen MR) is 108 cm³/mol. The van der Waals surface area contributed by atoms with Gasteiger partial charge in [-0.3, -0.25) is 0 Å². The average Bonchev–Trinajstić information content (AvgIpc) is 2.63. The molecule has 0 aliphatic heterocycles. The van der Waals surface area contributed by atoms with Gasteiger partial charge in [0.05, 0.1) is 5.69 Å². The highest BCUT2D eigenvalue weighted by atomic mass is 32.2. The van der Waals surface area contributed by atoms with Crippen LogP contribution in [0.5, 0.6) is 0 Å². The smallest absolute Gasteiger partial charge is 0.190 e. The zero-order valence-corrected chi connectivity index (χ0v) is 15.8. The van der Waals surface area contributed by atoms with E-state index in [1.165, 1.54) is 5.56 Å². The van der Waals surface area contributed by atoms with Crippen molar-refractivity contribution in [2.24, 2.45) is 0 Å². The van der Waals surface area contributed by atoms with Crippen molar-refractivity contribution < 1.29 is 0 Å². The summed E-state index contributed by atoms with van der Waals surface area (Å²) in [5.41, 5.74) is 4.08. The molecule has 0 atom stereocenters. The van der Waals surface area contributed by atoms with Gasteiger partial charge in [0, 0.05) is 16.5 Å². The summed E-state index contributed by atoms with van der Waals surface area (Å²) in [7, 11) is 0. The Labute approximate surface area is 158 Å². The molecule has 1 N–H and O–H groups in total. The quantitative estimate of drug-likeness (QED) is 0.476. The number of rotatable bonds is 5. The highest BCUT2D eigenvalue weighted by Gasteiger charge is 2.17. The van der Waals surface area contributed by atoms with Crippen LogP contribution in [0.4, 0.5) is 11.5 Å². The van der Waals surface area contributed by atoms with Crippen molar-refractivity contribution in [3.63, 3.8) is 0 Å². The molecule has 26 heavy (non-hydrogen) atoms. The Morgan fingerprint density at radius 1 is 1.00 bits per heavy atom. The van der Waals surface area contributed by atoms with E-state index >= 15 is 0 Å². The third kappa shape index (κ3) is 4.22. The molecule has 0 saturated heterocycles. The number of hydrogen-bond donors (Lipinski definition) is 1. The topological polar surface area (TPSA) is 61.6 Å². The molecule has 4 nitrogen and oxygen atoms in total. The lowest BCUT2D eigenvalue weighted by atomic mass is 10.1. The molecule has 2 aromatic carbocycles. The van der Waals surface area contributed by atoms with E-state index in [2.05, 4.69) is 35.2 Å². The third-order valence-corrected chi connectivity index (χ3v) is 4.57. The predicted octanol–water partition coefficient (Wildman–Crippen LogP) is 5.57. The van der Waals surface area contributed by atoms with Crippen LogP contribution in [0.15, 0.2) is 59.8 Å². The molecule has 0 bridgehead atoms. The maximum atomic E-state index is 9.78. The normalized spacial score (nSPS) is 10.6. The molecule has 1 heterocycles. The monoisotopic (exact) mass is 360 g/mol. The molecular weight excluding hydrogens is 340 g/mol. The molecule has 0 aliphatic rings. The van der Waals surface area contributed by atoms with Crippen molar-refractivity contribution in [2.45, 2.75) is 31.2 Å². The Hall–Kier alpha value is -2.84. The Balaban J connectivity index is 2.12. The number of nitriles is 1. The second kappa shape index (κ2) is 8.03. The number of nitrogens with one attached hydrogen (secondary N) is 1. The van der Waals surface area contributed by atoms with Crippen LogP contribution in [0.3, 0.4) is 0 Å². The highest BCUT2D eigenvalue weighted by molar-refractivity contribution is 7.99. The second-order valence-corrected chi connectivity index (χ2v) is 7.76. The summed E-state index contributed by atoms with van der Waals surface area (Å²) in [6.45, 7) is 6.24. The molecule has 0 aliphatic carbocycles. The lowest BCUT2D eigenvalue weighted by molar-refractivity contribution is 0.958. The van der Waals surface area contributed by atoms with Gasteiger partial charge >= 0.3 is 0 Å². The van der Waals surface area contributed by atoms with Gasteiger partial charge in [0.2, 0.25) is 0 Å². The molecular formula is C21H20N4S. The SMILES string of the molecule is Cc1ccc(Nc2nc(SC(C)C)nc(-c3ccccc3)c2C#N)cc1. The molecule has 3 aromatic rings. The summed E-state index contributed by atoms with van der Waals surface area (Å²) >= 11 is 1.58. The maximum Gasteiger partial charge on any atom is 0.190 e. The van der Waals surface area contributed by atoms with Gasteiger partial charge in [-0.05, 0) is 19.1 Å². The van der Waals surface area contributed by atoms with Crippen LogP contribution < -0.4 is 5.32 Å². The van der Waals surface area contributed by atoms with E-state index in [0.717, 1.165) is 11.3 Å². The Morgan fingerprint density at radius 2 is 1.69 bits per heavy atom. The lowest BCUT2D eigenvalue weighted by Gasteiger charge is -2.13. The first-order chi connectivity index (χ1) is 12.6. The maximum absolute atomic E-state index is 9.78. The summed E-state index contributed by atoms with van der Waals surface area (Å²) < 4.78 is 0. The van der Waals surface area contributed by atoms with Gasteiger partial charge in [0.1, 0.15) is 11.6 Å². The van der Waals surface area contributed by atoms with Crippen LogP contribution in [-0.2, 0) is 0 Å². The van der Waals surface area contributed by atoms with Crippen molar-refractivity contribution in [2.75, 3.05) is 5.32 Å². The van der Waals surface area contributed by atoms with Gasteiger partial charge in [-0.1, -0.05) is 73.6 Å². The molecule has 130 valence electrons. The molecule has 0 amide bonds. The molecule has 5 heteroatoms. The van der Waals surface area contributed by atoms with Gasteiger partial charge in [-0.2, -0.15) is 5.26 Å². The molecule has 1 aromatic heterocycles. The van der Waals surface area contributed by atoms with Crippen molar-refractivity contribution in [1.82, 2.24) is 9.97 Å². The standard InChI is InChI=1S/C21H20N4S/c1-14(2)26-21-24-19(16-7-5-4-6-8-16)18(13-22)20(25-21)23-17-11-9-15(3)10-12-17/h4-12,14H,1-3H3,(H,23,24,25). The van der Waals surface area contributed by atoms with E-state index < -0.39 is 0 Å². The van der Waals surface area contributed by atoms with Crippen LogP contribution in [0, 0.1) is 18.3 Å². The molecule has 3 rings (SSSR count). The summed E-state index contributed by atoms with van der Waals surface area (Å²) in [5.74, 6) is 0.536. The van der Waals surface area contributed by atoms with E-state index in [-0.39, 0.29) is 0 Å². The fourth-order valence-electron chi connectivity index (χ4n) is 2.48. The third-order valence-electron chi connectivity index (χ3n) is 3.70. The molecule has 0 fully saturated rings. The first-order valence-electron chi connectivity index (χ1n) is 8.44. The van der Waals surface area contributed by atoms with Crippen LogP contribution in [0.2, 0.25) is 0 Å². The number of aryl methyl sites for hydroxylation is 1. The zero-order chi connectivity index (χ0) is 18.5. The van der Waals surface area contributed by atoms with E-state index in [1.54, 1.807) is 11.8 Å². The first-order valence-corrected chi connectivity index (χ1v) is 9.32. The van der Waals surface area contributed by atoms with Crippen molar-refractivity contribution >= 4 is 23.3 Å². The molecule has 0 radical (unpaired) electrons. The summed E-state index contributed by atoms with van der Waals surface area (Å²) in [6, 6.07) is 20.1. The minimum Gasteiger partial charge on any atom is -0.339 e. The highest BCUT2D eigenvalue weighted by Crippen LogP contribution is 2.31. The molecule has 0 saturated carbocycles. The van der Waals surface area contributed by atoms with E-state index in [9.17, 15) is 5.26 Å². The minimum absolute atomic E-state index is 0.346. The zero-order valence-electron chi connectivity index (χ0n) is 15.0. The van der Waals surface area contributed by atoms with E-state index in [1.807, 2.05) is 61.5 Å². The largest absolute Gasteiger partial charge is 0.339 e. The van der Waals surface area contributed by atoms with Crippen LogP contribution in [0.25, 0.3) is 11.3 Å². The second-order valence-electron chi connectivity index (χ2n) is 6.21. The number of benzene rings is 2. The first kappa shape index (κ1) is 18.0. The fourth-order valence-corrected chi connectivity index (χ4v) is 3.19. The van der Waals surface area contributed by atoms with Gasteiger partial charge in [-0.15, -0.1) is 0 Å². The molecule has 0 unspecified atom stereocenters. The number of aromatic nitrogens is 2. The van der Waals surface area contributed by atoms with Crippen molar-refractivity contribution in [3.05, 3.63) is 65.7 Å². The lowest BCUT2D eigenvalue weighted by Crippen LogP contribution is -2.04. The van der Waals surface area contributed by atoms with E-state index in [4.69, 9.17) is 0 Å². The number of thioether (sulfide) groups is 1. The number of anilines is 2. The van der Waals surface area contributed by atoms with Crippen molar-refractivity contribution in [3.8, 4) is 17.3 Å². The molecule has 0 spiro atoms. The van der Waals surface area contributed by atoms with Gasteiger partial charge in [0.25, 0.3) is 0 Å². The Kier molecular flexibility index (Phi) is 5.55. The fraction of sp³-hybridized carbons (Fsp3) is 0.190. The summed E-state index contributed by atoms with van der Waals surface area (Å²) in [4.78, 5) is 9.27. The Bertz CT molecular complexity index is 929. The summed E-state index contributed by atoms with van der Waals surface area (Å²) in [6.07, 6.45) is 0. The van der Waals surface area contributed by atoms with Crippen LogP contribution >= 0.6 is 11.8 Å². The van der Waals surface area contributed by atoms with Gasteiger partial charge in [-0.25, -0.2) is 9.97 Å². The number of hydrogen-bond acceptors (Lipinski definition) is 5. The van der Waals surface area contributed by atoms with Crippen molar-refractivity contribution in [1.29, 1.82) is 5.26 Å². The van der Waals surface area contributed by atoms with Gasteiger partial charge < -0.3 is 5.32 Å².